The minimum atomic E-state index is 0.0562. The van der Waals surface area contributed by atoms with Crippen molar-refractivity contribution in [3.05, 3.63) is 41.2 Å². The van der Waals surface area contributed by atoms with Crippen LogP contribution < -0.4 is 0 Å². The van der Waals surface area contributed by atoms with E-state index in [0.29, 0.717) is 5.82 Å². The van der Waals surface area contributed by atoms with E-state index in [-0.39, 0.29) is 12.2 Å². The van der Waals surface area contributed by atoms with E-state index in [1.807, 2.05) is 30.5 Å². The Labute approximate surface area is 166 Å². The number of hydrogen-bond acceptors (Lipinski definition) is 7. The zero-order valence-electron chi connectivity index (χ0n) is 16.9. The third-order valence-corrected chi connectivity index (χ3v) is 4.67. The van der Waals surface area contributed by atoms with E-state index >= 15 is 0 Å². The molecule has 8 heteroatoms. The number of H-pyrrole nitrogens is 1. The molecule has 2 aromatic rings. The molecular formula is C20H28N8. The maximum Gasteiger partial charge on any atom is 0.197 e. The predicted octanol–water partition coefficient (Wildman–Crippen LogP) is 1.84. The Morgan fingerprint density at radius 2 is 2.00 bits per heavy atom. The topological polar surface area (TPSA) is 85.7 Å². The van der Waals surface area contributed by atoms with Crippen LogP contribution in [0.4, 0.5) is 0 Å². The van der Waals surface area contributed by atoms with Crippen molar-refractivity contribution in [1.29, 1.82) is 0 Å². The molecule has 0 saturated carbocycles. The van der Waals surface area contributed by atoms with Gasteiger partial charge in [0, 0.05) is 18.3 Å². The van der Waals surface area contributed by atoms with Gasteiger partial charge in [-0.05, 0) is 64.0 Å². The Balaban J connectivity index is 1.73. The molecule has 2 heterocycles. The first-order valence-corrected chi connectivity index (χ1v) is 9.51. The van der Waals surface area contributed by atoms with E-state index in [4.69, 9.17) is 9.98 Å². The van der Waals surface area contributed by atoms with Crippen LogP contribution in [0, 0.1) is 0 Å². The highest BCUT2D eigenvalue weighted by molar-refractivity contribution is 6.38. The first-order valence-electron chi connectivity index (χ1n) is 9.51. The van der Waals surface area contributed by atoms with Crippen LogP contribution in [0.3, 0.4) is 0 Å². The van der Waals surface area contributed by atoms with Crippen molar-refractivity contribution >= 4 is 24.1 Å². The number of rotatable bonds is 8. The van der Waals surface area contributed by atoms with Gasteiger partial charge in [-0.15, -0.1) is 10.2 Å². The number of aliphatic imine (C=N–C) groups is 2. The molecule has 148 valence electrons. The van der Waals surface area contributed by atoms with Gasteiger partial charge in [0.05, 0.1) is 11.8 Å². The standard InChI is InChI=1S/C20H28N8/c1-15-20(28(4)12-6-11-27(2)3)22-18(14-21-15)17-8-5-7-16(13-17)9-10-19-23-25-26-24-19/h5,7-10,13-15,20H,6,11-12H2,1-4H3,(H,23,24,25,26)/b10-9+. The van der Waals surface area contributed by atoms with Gasteiger partial charge < -0.3 is 4.90 Å². The molecule has 1 aliphatic heterocycles. The second-order valence-corrected chi connectivity index (χ2v) is 7.31. The number of tetrazole rings is 1. The van der Waals surface area contributed by atoms with Crippen LogP contribution in [-0.4, -0.2) is 88.8 Å². The molecule has 0 spiro atoms. The maximum atomic E-state index is 5.00. The van der Waals surface area contributed by atoms with Gasteiger partial charge in [0.15, 0.2) is 5.82 Å². The Hall–Kier alpha value is -2.71. The van der Waals surface area contributed by atoms with Gasteiger partial charge in [-0.3, -0.25) is 14.9 Å². The monoisotopic (exact) mass is 380 g/mol. The van der Waals surface area contributed by atoms with E-state index in [1.54, 1.807) is 0 Å². The second kappa shape index (κ2) is 9.48. The van der Waals surface area contributed by atoms with Crippen LogP contribution in [0.25, 0.3) is 12.2 Å². The number of aromatic amines is 1. The average molecular weight is 381 g/mol. The van der Waals surface area contributed by atoms with Gasteiger partial charge in [0.25, 0.3) is 0 Å². The maximum absolute atomic E-state index is 5.00. The molecule has 0 bridgehead atoms. The highest BCUT2D eigenvalue weighted by atomic mass is 15.5. The van der Waals surface area contributed by atoms with Gasteiger partial charge in [0.1, 0.15) is 6.17 Å². The quantitative estimate of drug-likeness (QED) is 0.755. The molecule has 0 fully saturated rings. The van der Waals surface area contributed by atoms with E-state index in [1.165, 1.54) is 0 Å². The fraction of sp³-hybridized carbons (Fsp3) is 0.450. The summed E-state index contributed by atoms with van der Waals surface area (Å²) in [6.07, 6.45) is 6.83. The van der Waals surface area contributed by atoms with Crippen molar-refractivity contribution in [3.63, 3.8) is 0 Å². The van der Waals surface area contributed by atoms with E-state index in [2.05, 4.69) is 70.6 Å². The molecule has 8 nitrogen and oxygen atoms in total. The lowest BCUT2D eigenvalue weighted by Crippen LogP contribution is -2.41. The number of nitrogens with one attached hydrogen (secondary N) is 1. The van der Waals surface area contributed by atoms with Gasteiger partial charge in [-0.1, -0.05) is 24.3 Å². The number of nitrogens with zero attached hydrogens (tertiary/aromatic N) is 7. The minimum Gasteiger partial charge on any atom is -0.309 e. The summed E-state index contributed by atoms with van der Waals surface area (Å²) in [7, 11) is 6.33. The molecule has 3 rings (SSSR count). The molecular weight excluding hydrogens is 352 g/mol. The summed E-state index contributed by atoms with van der Waals surface area (Å²) in [6, 6.07) is 8.37. The van der Waals surface area contributed by atoms with Crippen molar-refractivity contribution in [2.24, 2.45) is 9.98 Å². The van der Waals surface area contributed by atoms with Crippen LogP contribution in [0.1, 0.15) is 30.3 Å². The fourth-order valence-corrected chi connectivity index (χ4v) is 3.15. The highest BCUT2D eigenvalue weighted by Crippen LogP contribution is 2.17. The zero-order valence-corrected chi connectivity index (χ0v) is 16.9. The van der Waals surface area contributed by atoms with Crippen LogP contribution in [0.5, 0.6) is 0 Å². The lowest BCUT2D eigenvalue weighted by Gasteiger charge is -2.30. The van der Waals surface area contributed by atoms with Crippen LogP contribution in [0.2, 0.25) is 0 Å². The lowest BCUT2D eigenvalue weighted by molar-refractivity contribution is 0.213. The first kappa shape index (κ1) is 20.0. The fourth-order valence-electron chi connectivity index (χ4n) is 3.15. The van der Waals surface area contributed by atoms with Crippen LogP contribution in [-0.2, 0) is 0 Å². The zero-order chi connectivity index (χ0) is 19.9. The summed E-state index contributed by atoms with van der Waals surface area (Å²) >= 11 is 0. The van der Waals surface area contributed by atoms with Crippen LogP contribution >= 0.6 is 0 Å². The molecule has 0 aliphatic carbocycles. The third kappa shape index (κ3) is 5.40. The van der Waals surface area contributed by atoms with Gasteiger partial charge in [0.2, 0.25) is 0 Å². The summed E-state index contributed by atoms with van der Waals surface area (Å²) in [4.78, 5) is 14.2. The van der Waals surface area contributed by atoms with E-state index in [9.17, 15) is 0 Å². The van der Waals surface area contributed by atoms with Crippen molar-refractivity contribution in [2.45, 2.75) is 25.6 Å². The van der Waals surface area contributed by atoms with Crippen molar-refractivity contribution in [1.82, 2.24) is 30.4 Å². The summed E-state index contributed by atoms with van der Waals surface area (Å²) in [5.74, 6) is 0.551. The largest absolute Gasteiger partial charge is 0.309 e. The first-order chi connectivity index (χ1) is 13.5. The molecule has 0 saturated heterocycles. The Bertz CT molecular complexity index is 838. The molecule has 0 radical (unpaired) electrons. The summed E-state index contributed by atoms with van der Waals surface area (Å²) < 4.78 is 0. The summed E-state index contributed by atoms with van der Waals surface area (Å²) in [5, 5.41) is 13.9. The molecule has 1 aliphatic rings. The van der Waals surface area contributed by atoms with Crippen molar-refractivity contribution < 1.29 is 0 Å². The summed E-state index contributed by atoms with van der Waals surface area (Å²) in [5.41, 5.74) is 3.02. The number of aromatic nitrogens is 4. The minimum absolute atomic E-state index is 0.0562. The number of likely N-dealkylation sites (N-methyl/N-ethyl adjacent to an activating group) is 1. The van der Waals surface area contributed by atoms with Gasteiger partial charge in [-0.2, -0.15) is 5.21 Å². The lowest BCUT2D eigenvalue weighted by atomic mass is 10.0. The van der Waals surface area contributed by atoms with Crippen molar-refractivity contribution in [3.8, 4) is 0 Å². The normalized spacial score (nSPS) is 19.7. The van der Waals surface area contributed by atoms with Gasteiger partial charge in [-0.25, -0.2) is 0 Å². The molecule has 2 unspecified atom stereocenters. The second-order valence-electron chi connectivity index (χ2n) is 7.31. The number of benzene rings is 1. The molecule has 1 aromatic heterocycles. The summed E-state index contributed by atoms with van der Waals surface area (Å²) in [6.45, 7) is 4.18. The Kier molecular flexibility index (Phi) is 6.78. The Morgan fingerprint density at radius 1 is 1.14 bits per heavy atom. The third-order valence-electron chi connectivity index (χ3n) is 4.67. The molecule has 28 heavy (non-hydrogen) atoms. The predicted molar refractivity (Wildman–Crippen MR) is 114 cm³/mol. The Morgan fingerprint density at radius 3 is 2.75 bits per heavy atom. The highest BCUT2D eigenvalue weighted by Gasteiger charge is 2.24. The van der Waals surface area contributed by atoms with Gasteiger partial charge >= 0.3 is 0 Å². The molecule has 0 amide bonds. The average Bonchev–Trinajstić information content (AvgIpc) is 3.20. The van der Waals surface area contributed by atoms with Crippen molar-refractivity contribution in [2.75, 3.05) is 34.2 Å². The number of hydrogen-bond donors (Lipinski definition) is 1. The smallest absolute Gasteiger partial charge is 0.197 e. The molecule has 1 aromatic carbocycles. The van der Waals surface area contributed by atoms with E-state index < -0.39 is 0 Å². The van der Waals surface area contributed by atoms with Crippen LogP contribution in [0.15, 0.2) is 34.3 Å². The molecule has 2 atom stereocenters. The molecule has 1 N–H and O–H groups in total. The SMILES string of the molecule is CC1N=CC(c2cccc(/C=C/c3nn[nH]n3)c2)=NC1N(C)CCCN(C)C. The van der Waals surface area contributed by atoms with E-state index in [0.717, 1.165) is 36.3 Å².